The number of benzene rings is 1. The van der Waals surface area contributed by atoms with Crippen LogP contribution in [0.2, 0.25) is 0 Å². The second-order valence-electron chi connectivity index (χ2n) is 4.65. The predicted molar refractivity (Wildman–Crippen MR) is 68.5 cm³/mol. The molecule has 4 heteroatoms. The van der Waals surface area contributed by atoms with Crippen LogP contribution in [0.5, 0.6) is 0 Å². The van der Waals surface area contributed by atoms with E-state index in [2.05, 4.69) is 5.10 Å². The van der Waals surface area contributed by atoms with Crippen molar-refractivity contribution in [3.8, 4) is 0 Å². The number of hydrogen-bond donors (Lipinski definition) is 1. The van der Waals surface area contributed by atoms with Crippen LogP contribution >= 0.6 is 0 Å². The van der Waals surface area contributed by atoms with E-state index in [4.69, 9.17) is 0 Å². The Labute approximate surface area is 106 Å². The Morgan fingerprint density at radius 3 is 2.67 bits per heavy atom. The molecule has 0 radical (unpaired) electrons. The van der Waals surface area contributed by atoms with Gasteiger partial charge in [0, 0.05) is 12.4 Å². The molecule has 94 valence electrons. The van der Waals surface area contributed by atoms with Crippen molar-refractivity contribution >= 4 is 5.97 Å². The van der Waals surface area contributed by atoms with Gasteiger partial charge in [-0.2, -0.15) is 5.10 Å². The molecule has 0 spiro atoms. The zero-order valence-electron chi connectivity index (χ0n) is 10.7. The van der Waals surface area contributed by atoms with Crippen molar-refractivity contribution in [1.82, 2.24) is 9.78 Å². The number of nitrogens with zero attached hydrogens (tertiary/aromatic N) is 2. The molecular weight excluding hydrogens is 228 g/mol. The molecule has 0 saturated carbocycles. The van der Waals surface area contributed by atoms with Gasteiger partial charge in [-0.15, -0.1) is 0 Å². The van der Waals surface area contributed by atoms with Crippen molar-refractivity contribution < 1.29 is 9.90 Å². The van der Waals surface area contributed by atoms with E-state index in [1.807, 2.05) is 32.0 Å². The lowest BCUT2D eigenvalue weighted by atomic mass is 9.87. The fourth-order valence-electron chi connectivity index (χ4n) is 2.13. The summed E-state index contributed by atoms with van der Waals surface area (Å²) in [6.45, 7) is 5.54. The largest absolute Gasteiger partial charge is 0.479 e. The zero-order valence-corrected chi connectivity index (χ0v) is 10.7. The molecule has 0 amide bonds. The summed E-state index contributed by atoms with van der Waals surface area (Å²) in [5.41, 5.74) is 1.56. The summed E-state index contributed by atoms with van der Waals surface area (Å²) in [4.78, 5) is 11.7. The normalized spacial score (nSPS) is 14.2. The van der Waals surface area contributed by atoms with Crippen molar-refractivity contribution in [3.63, 3.8) is 0 Å². The number of carbonyl (C=O) groups is 1. The molecule has 1 aromatic carbocycles. The minimum Gasteiger partial charge on any atom is -0.479 e. The van der Waals surface area contributed by atoms with Crippen molar-refractivity contribution in [2.75, 3.05) is 0 Å². The number of aromatic nitrogens is 2. The Hall–Kier alpha value is -2.10. The van der Waals surface area contributed by atoms with Crippen LogP contribution in [0, 0.1) is 13.8 Å². The Balaban J connectivity index is 2.69. The number of aryl methyl sites for hydroxylation is 2. The van der Waals surface area contributed by atoms with Crippen LogP contribution in [0.25, 0.3) is 0 Å². The molecule has 1 N–H and O–H groups in total. The highest BCUT2D eigenvalue weighted by atomic mass is 16.4. The molecule has 1 atom stereocenters. The van der Waals surface area contributed by atoms with Gasteiger partial charge in [0.2, 0.25) is 0 Å². The summed E-state index contributed by atoms with van der Waals surface area (Å²) < 4.78 is 1.48. The van der Waals surface area contributed by atoms with Gasteiger partial charge >= 0.3 is 5.97 Å². The molecule has 1 aromatic heterocycles. The molecule has 0 aliphatic heterocycles. The average molecular weight is 244 g/mol. The van der Waals surface area contributed by atoms with Crippen LogP contribution in [0.15, 0.2) is 36.7 Å². The van der Waals surface area contributed by atoms with Crippen molar-refractivity contribution in [2.24, 2.45) is 0 Å². The lowest BCUT2D eigenvalue weighted by Crippen LogP contribution is -2.41. The Morgan fingerprint density at radius 1 is 1.39 bits per heavy atom. The maximum atomic E-state index is 11.7. The summed E-state index contributed by atoms with van der Waals surface area (Å²) >= 11 is 0. The van der Waals surface area contributed by atoms with E-state index in [-0.39, 0.29) is 0 Å². The Bertz CT molecular complexity index is 575. The molecule has 4 nitrogen and oxygen atoms in total. The summed E-state index contributed by atoms with van der Waals surface area (Å²) in [6.07, 6.45) is 3.27. The third kappa shape index (κ3) is 1.79. The Kier molecular flexibility index (Phi) is 2.95. The van der Waals surface area contributed by atoms with Crippen LogP contribution in [0.1, 0.15) is 23.6 Å². The number of rotatable bonds is 3. The molecular formula is C14H16N2O2. The van der Waals surface area contributed by atoms with Gasteiger partial charge in [-0.25, -0.2) is 4.79 Å². The highest BCUT2D eigenvalue weighted by Crippen LogP contribution is 2.29. The molecule has 1 unspecified atom stereocenters. The van der Waals surface area contributed by atoms with Gasteiger partial charge < -0.3 is 5.11 Å². The first-order valence-corrected chi connectivity index (χ1v) is 5.77. The molecule has 0 aliphatic rings. The summed E-state index contributed by atoms with van der Waals surface area (Å²) in [7, 11) is 0. The van der Waals surface area contributed by atoms with Gasteiger partial charge in [-0.3, -0.25) is 4.68 Å². The fraction of sp³-hybridized carbons (Fsp3) is 0.286. The third-order valence-electron chi connectivity index (χ3n) is 3.30. The van der Waals surface area contributed by atoms with Gasteiger partial charge in [0.25, 0.3) is 0 Å². The summed E-state index contributed by atoms with van der Waals surface area (Å²) in [5, 5.41) is 13.7. The molecule has 2 aromatic rings. The first-order valence-electron chi connectivity index (χ1n) is 5.77. The highest BCUT2D eigenvalue weighted by Gasteiger charge is 2.39. The van der Waals surface area contributed by atoms with Crippen molar-refractivity contribution in [2.45, 2.75) is 26.3 Å². The summed E-state index contributed by atoms with van der Waals surface area (Å²) in [5.74, 6) is -0.917. The summed E-state index contributed by atoms with van der Waals surface area (Å²) in [6, 6.07) is 7.55. The molecule has 0 aliphatic carbocycles. The van der Waals surface area contributed by atoms with Gasteiger partial charge in [-0.1, -0.05) is 23.8 Å². The van der Waals surface area contributed by atoms with Crippen LogP contribution in [0.3, 0.4) is 0 Å². The molecule has 0 bridgehead atoms. The lowest BCUT2D eigenvalue weighted by Gasteiger charge is -2.28. The first kappa shape index (κ1) is 12.4. The van der Waals surface area contributed by atoms with Crippen LogP contribution < -0.4 is 0 Å². The molecule has 1 heterocycles. The first-order chi connectivity index (χ1) is 8.46. The van der Waals surface area contributed by atoms with E-state index in [0.717, 1.165) is 16.7 Å². The van der Waals surface area contributed by atoms with E-state index in [1.165, 1.54) is 4.68 Å². The topological polar surface area (TPSA) is 55.1 Å². The molecule has 2 rings (SSSR count). The van der Waals surface area contributed by atoms with Crippen molar-refractivity contribution in [3.05, 3.63) is 53.3 Å². The van der Waals surface area contributed by atoms with Gasteiger partial charge in [0.1, 0.15) is 0 Å². The maximum Gasteiger partial charge on any atom is 0.336 e. The standard InChI is InChI=1S/C14H16N2O2/c1-10-5-6-11(2)12(9-10)14(3,13(17)18)16-8-4-7-15-16/h4-9H,1-3H3,(H,17,18). The number of carboxylic acids is 1. The van der Waals surface area contributed by atoms with E-state index in [1.54, 1.807) is 25.4 Å². The van der Waals surface area contributed by atoms with Crippen LogP contribution in [-0.4, -0.2) is 20.9 Å². The second kappa shape index (κ2) is 4.29. The second-order valence-corrected chi connectivity index (χ2v) is 4.65. The van der Waals surface area contributed by atoms with Gasteiger partial charge in [0.05, 0.1) is 0 Å². The SMILES string of the molecule is Cc1ccc(C)c(C(C)(C(=O)O)n2cccn2)c1. The number of carboxylic acid groups (broad SMARTS) is 1. The highest BCUT2D eigenvalue weighted by molar-refractivity contribution is 5.81. The lowest BCUT2D eigenvalue weighted by molar-refractivity contribution is -0.144. The van der Waals surface area contributed by atoms with E-state index in [9.17, 15) is 9.90 Å². The van der Waals surface area contributed by atoms with E-state index in [0.29, 0.717) is 0 Å². The zero-order chi connectivity index (χ0) is 13.3. The Morgan fingerprint density at radius 2 is 2.11 bits per heavy atom. The quantitative estimate of drug-likeness (QED) is 0.901. The van der Waals surface area contributed by atoms with Crippen LogP contribution in [-0.2, 0) is 10.3 Å². The predicted octanol–water partition coefficient (Wildman–Crippen LogP) is 2.35. The minimum absolute atomic E-state index is 0.763. The minimum atomic E-state index is -1.18. The van der Waals surface area contributed by atoms with Gasteiger partial charge in [0.15, 0.2) is 5.54 Å². The fourth-order valence-corrected chi connectivity index (χ4v) is 2.13. The number of hydrogen-bond acceptors (Lipinski definition) is 2. The molecule has 0 saturated heterocycles. The number of aliphatic carboxylic acids is 1. The monoisotopic (exact) mass is 244 g/mol. The van der Waals surface area contributed by atoms with Gasteiger partial charge in [-0.05, 0) is 38.0 Å². The molecule has 18 heavy (non-hydrogen) atoms. The van der Waals surface area contributed by atoms with E-state index >= 15 is 0 Å². The third-order valence-corrected chi connectivity index (χ3v) is 3.30. The molecule has 0 fully saturated rings. The van der Waals surface area contributed by atoms with E-state index < -0.39 is 11.5 Å². The van der Waals surface area contributed by atoms with Crippen molar-refractivity contribution in [1.29, 1.82) is 0 Å². The maximum absolute atomic E-state index is 11.7. The average Bonchev–Trinajstić information content (AvgIpc) is 2.85. The van der Waals surface area contributed by atoms with Crippen LogP contribution in [0.4, 0.5) is 0 Å². The smallest absolute Gasteiger partial charge is 0.336 e.